The third-order valence-corrected chi connectivity index (χ3v) is 4.77. The fraction of sp³-hybridized carbons (Fsp3) is 0.231. The molecule has 0 amide bonds. The minimum atomic E-state index is -3.37. The minimum absolute atomic E-state index is 0.0308. The van der Waals surface area contributed by atoms with Crippen molar-refractivity contribution in [2.45, 2.75) is 17.3 Å². The smallest absolute Gasteiger partial charge is 0.180 e. The molecule has 0 aliphatic carbocycles. The van der Waals surface area contributed by atoms with Crippen molar-refractivity contribution in [1.29, 1.82) is 5.26 Å². The summed E-state index contributed by atoms with van der Waals surface area (Å²) in [6, 6.07) is 7.85. The summed E-state index contributed by atoms with van der Waals surface area (Å²) in [5.41, 5.74) is 1.15. The molecular weight excluding hydrogens is 298 g/mol. The van der Waals surface area contributed by atoms with Gasteiger partial charge in [-0.2, -0.15) is 5.26 Å². The Kier molecular flexibility index (Phi) is 4.42. The van der Waals surface area contributed by atoms with Crippen LogP contribution in [0.1, 0.15) is 11.3 Å². The van der Waals surface area contributed by atoms with Crippen molar-refractivity contribution in [1.82, 2.24) is 9.55 Å². The number of imidazole rings is 1. The van der Waals surface area contributed by atoms with Crippen LogP contribution in [0.3, 0.4) is 0 Å². The average Bonchev–Trinajstić information content (AvgIpc) is 2.93. The molecule has 20 heavy (non-hydrogen) atoms. The lowest BCUT2D eigenvalue weighted by molar-refractivity contribution is 0.588. The summed E-state index contributed by atoms with van der Waals surface area (Å²) in [6.45, 7) is 0.312. The Bertz CT molecular complexity index is 730. The molecular formula is C13H12ClN3O2S. The summed E-state index contributed by atoms with van der Waals surface area (Å²) in [4.78, 5) is 4.25. The van der Waals surface area contributed by atoms with E-state index in [4.69, 9.17) is 16.9 Å². The van der Waals surface area contributed by atoms with E-state index in [0.717, 1.165) is 0 Å². The number of halogens is 1. The highest BCUT2D eigenvalue weighted by molar-refractivity contribution is 7.91. The van der Waals surface area contributed by atoms with Crippen molar-refractivity contribution >= 4 is 21.4 Å². The Morgan fingerprint density at radius 1 is 1.30 bits per heavy atom. The SMILES string of the molecule is N#Cc1ccc(S(=O)(=O)CCn2cnc(CCl)c2)cc1. The van der Waals surface area contributed by atoms with Crippen molar-refractivity contribution in [2.75, 3.05) is 5.75 Å². The molecule has 0 atom stereocenters. The first-order valence-electron chi connectivity index (χ1n) is 5.85. The summed E-state index contributed by atoms with van der Waals surface area (Å²) < 4.78 is 26.0. The van der Waals surface area contributed by atoms with Crippen LogP contribution in [0.5, 0.6) is 0 Å². The van der Waals surface area contributed by atoms with Crippen molar-refractivity contribution in [2.24, 2.45) is 0 Å². The van der Waals surface area contributed by atoms with E-state index < -0.39 is 9.84 Å². The van der Waals surface area contributed by atoms with Crippen LogP contribution >= 0.6 is 11.6 Å². The van der Waals surface area contributed by atoms with Crippen LogP contribution in [-0.2, 0) is 22.3 Å². The molecule has 2 rings (SSSR count). The van der Waals surface area contributed by atoms with Crippen LogP contribution in [0.4, 0.5) is 0 Å². The molecule has 0 fully saturated rings. The van der Waals surface area contributed by atoms with Gasteiger partial charge in [-0.05, 0) is 24.3 Å². The molecule has 0 radical (unpaired) electrons. The van der Waals surface area contributed by atoms with Gasteiger partial charge in [0.25, 0.3) is 0 Å². The van der Waals surface area contributed by atoms with Crippen molar-refractivity contribution in [3.05, 3.63) is 48.0 Å². The Morgan fingerprint density at radius 3 is 2.55 bits per heavy atom. The Labute approximate surface area is 122 Å². The second-order valence-electron chi connectivity index (χ2n) is 4.19. The van der Waals surface area contributed by atoms with Crippen molar-refractivity contribution in [3.8, 4) is 6.07 Å². The number of hydrogen-bond donors (Lipinski definition) is 0. The molecule has 0 aliphatic heterocycles. The zero-order valence-electron chi connectivity index (χ0n) is 10.5. The predicted molar refractivity (Wildman–Crippen MR) is 75.0 cm³/mol. The number of aryl methyl sites for hydroxylation is 1. The number of aromatic nitrogens is 2. The Morgan fingerprint density at radius 2 is 2.00 bits per heavy atom. The highest BCUT2D eigenvalue weighted by Crippen LogP contribution is 2.13. The zero-order chi connectivity index (χ0) is 14.6. The zero-order valence-corrected chi connectivity index (χ0v) is 12.1. The maximum absolute atomic E-state index is 12.1. The summed E-state index contributed by atoms with van der Waals surface area (Å²) >= 11 is 5.63. The third kappa shape index (κ3) is 3.38. The molecule has 5 nitrogen and oxygen atoms in total. The van der Waals surface area contributed by atoms with Crippen LogP contribution in [0.2, 0.25) is 0 Å². The predicted octanol–water partition coefficient (Wildman–Crippen LogP) is 1.97. The standard InChI is InChI=1S/C13H12ClN3O2S/c14-7-12-9-17(10-16-12)5-6-20(18,19)13-3-1-11(8-15)2-4-13/h1-4,9-10H,5-7H2. The number of nitrogens with zero attached hydrogens (tertiary/aromatic N) is 3. The van der Waals surface area contributed by atoms with E-state index in [9.17, 15) is 8.42 Å². The number of benzene rings is 1. The first kappa shape index (κ1) is 14.6. The monoisotopic (exact) mass is 309 g/mol. The van der Waals surface area contributed by atoms with Gasteiger partial charge in [0.2, 0.25) is 0 Å². The van der Waals surface area contributed by atoms with Gasteiger partial charge in [0.15, 0.2) is 9.84 Å². The van der Waals surface area contributed by atoms with Crippen molar-refractivity contribution in [3.63, 3.8) is 0 Å². The molecule has 7 heteroatoms. The molecule has 0 N–H and O–H groups in total. The Balaban J connectivity index is 2.08. The quantitative estimate of drug-likeness (QED) is 0.791. The molecule has 0 aliphatic rings. The molecule has 0 saturated heterocycles. The van der Waals surface area contributed by atoms with Gasteiger partial charge in [0.1, 0.15) is 0 Å². The normalized spacial score (nSPS) is 11.2. The maximum atomic E-state index is 12.1. The van der Waals surface area contributed by atoms with Crippen molar-refractivity contribution < 1.29 is 8.42 Å². The minimum Gasteiger partial charge on any atom is -0.336 e. The van der Waals surface area contributed by atoms with Crippen LogP contribution in [-0.4, -0.2) is 23.7 Å². The molecule has 0 saturated carbocycles. The highest BCUT2D eigenvalue weighted by atomic mass is 35.5. The van der Waals surface area contributed by atoms with Gasteiger partial charge in [-0.25, -0.2) is 13.4 Å². The number of sulfone groups is 1. The summed E-state index contributed by atoms with van der Waals surface area (Å²) in [5.74, 6) is 0.270. The fourth-order valence-electron chi connectivity index (χ4n) is 1.68. The molecule has 1 heterocycles. The van der Waals surface area contributed by atoms with Gasteiger partial charge in [-0.3, -0.25) is 0 Å². The van der Waals surface area contributed by atoms with Crippen LogP contribution in [0, 0.1) is 11.3 Å². The largest absolute Gasteiger partial charge is 0.336 e. The van der Waals surface area contributed by atoms with Gasteiger partial charge < -0.3 is 4.57 Å². The average molecular weight is 310 g/mol. The number of alkyl halides is 1. The number of nitriles is 1. The first-order valence-corrected chi connectivity index (χ1v) is 8.03. The molecule has 0 bridgehead atoms. The molecule has 104 valence electrons. The van der Waals surface area contributed by atoms with Gasteiger partial charge in [0.05, 0.1) is 40.2 Å². The summed E-state index contributed by atoms with van der Waals surface area (Å²) in [5, 5.41) is 8.69. The van der Waals surface area contributed by atoms with E-state index in [1.54, 1.807) is 17.1 Å². The van der Waals surface area contributed by atoms with E-state index in [1.807, 2.05) is 6.07 Å². The third-order valence-electron chi connectivity index (χ3n) is 2.78. The lowest BCUT2D eigenvalue weighted by Crippen LogP contribution is -2.12. The first-order chi connectivity index (χ1) is 9.55. The van der Waals surface area contributed by atoms with E-state index in [2.05, 4.69) is 4.98 Å². The lowest BCUT2D eigenvalue weighted by atomic mass is 10.2. The summed E-state index contributed by atoms with van der Waals surface area (Å²) in [7, 11) is -3.37. The maximum Gasteiger partial charge on any atom is 0.180 e. The fourth-order valence-corrected chi connectivity index (χ4v) is 3.05. The van der Waals surface area contributed by atoms with Gasteiger partial charge in [0, 0.05) is 12.7 Å². The second kappa shape index (κ2) is 6.07. The summed E-state index contributed by atoms with van der Waals surface area (Å²) in [6.07, 6.45) is 3.29. The molecule has 1 aromatic heterocycles. The second-order valence-corrected chi connectivity index (χ2v) is 6.57. The van der Waals surface area contributed by atoms with Gasteiger partial charge in [-0.15, -0.1) is 11.6 Å². The van der Waals surface area contributed by atoms with E-state index in [1.165, 1.54) is 24.3 Å². The topological polar surface area (TPSA) is 75.8 Å². The molecule has 0 spiro atoms. The Hall–Kier alpha value is -1.84. The number of rotatable bonds is 5. The van der Waals surface area contributed by atoms with Crippen LogP contribution < -0.4 is 0 Å². The van der Waals surface area contributed by atoms with Crippen LogP contribution in [0.25, 0.3) is 0 Å². The molecule has 2 aromatic rings. The van der Waals surface area contributed by atoms with Crippen LogP contribution in [0.15, 0.2) is 41.7 Å². The molecule has 0 unspecified atom stereocenters. The van der Waals surface area contributed by atoms with Gasteiger partial charge >= 0.3 is 0 Å². The van der Waals surface area contributed by atoms with E-state index in [-0.39, 0.29) is 10.6 Å². The lowest BCUT2D eigenvalue weighted by Gasteiger charge is -2.05. The van der Waals surface area contributed by atoms with Gasteiger partial charge in [-0.1, -0.05) is 0 Å². The van der Waals surface area contributed by atoms with E-state index >= 15 is 0 Å². The highest BCUT2D eigenvalue weighted by Gasteiger charge is 2.14. The number of hydrogen-bond acceptors (Lipinski definition) is 4. The molecule has 1 aromatic carbocycles. The van der Waals surface area contributed by atoms with E-state index in [0.29, 0.717) is 23.7 Å².